The molecule has 1 aromatic carbocycles. The zero-order valence-electron chi connectivity index (χ0n) is 11.7. The Bertz CT molecular complexity index is 560. The summed E-state index contributed by atoms with van der Waals surface area (Å²) in [7, 11) is 1.75. The summed E-state index contributed by atoms with van der Waals surface area (Å²) in [5.74, 6) is 0. The fraction of sp³-hybridized carbons (Fsp3) is 0.467. The maximum Gasteiger partial charge on any atom is 0.0886 e. The minimum Gasteiger partial charge on any atom is -0.376 e. The van der Waals surface area contributed by atoms with E-state index in [4.69, 9.17) is 10.5 Å². The molecule has 1 saturated carbocycles. The van der Waals surface area contributed by atoms with E-state index < -0.39 is 0 Å². The van der Waals surface area contributed by atoms with E-state index in [0.29, 0.717) is 0 Å². The lowest BCUT2D eigenvalue weighted by atomic mass is 9.90. The van der Waals surface area contributed by atoms with Gasteiger partial charge >= 0.3 is 0 Å². The average Bonchev–Trinajstić information content (AvgIpc) is 3.17. The number of para-hydroxylation sites is 1. The van der Waals surface area contributed by atoms with Crippen LogP contribution in [-0.4, -0.2) is 27.7 Å². The molecule has 0 spiro atoms. The second-order valence-corrected chi connectivity index (χ2v) is 5.36. The maximum atomic E-state index is 6.50. The molecular formula is C15H20N4O. The lowest BCUT2D eigenvalue weighted by molar-refractivity contribution is -0.0279. The molecule has 1 aromatic heterocycles. The number of hydrogen-bond acceptors (Lipinski definition) is 4. The molecule has 0 saturated heterocycles. The van der Waals surface area contributed by atoms with Crippen molar-refractivity contribution in [2.45, 2.75) is 37.3 Å². The smallest absolute Gasteiger partial charge is 0.0886 e. The van der Waals surface area contributed by atoms with Crippen LogP contribution in [0, 0.1) is 0 Å². The van der Waals surface area contributed by atoms with Crippen LogP contribution >= 0.6 is 0 Å². The molecule has 2 N–H and O–H groups in total. The Balaban J connectivity index is 1.97. The molecule has 0 aliphatic heterocycles. The van der Waals surface area contributed by atoms with Crippen molar-refractivity contribution in [2.75, 3.05) is 7.11 Å². The normalized spacial score (nSPS) is 19.1. The van der Waals surface area contributed by atoms with E-state index in [1.54, 1.807) is 13.3 Å². The Hall–Kier alpha value is -1.72. The minimum absolute atomic E-state index is 0.217. The van der Waals surface area contributed by atoms with Crippen LogP contribution in [0.25, 0.3) is 5.69 Å². The van der Waals surface area contributed by atoms with Gasteiger partial charge < -0.3 is 10.5 Å². The molecule has 20 heavy (non-hydrogen) atoms. The summed E-state index contributed by atoms with van der Waals surface area (Å²) in [5.41, 5.74) is 8.09. The van der Waals surface area contributed by atoms with Gasteiger partial charge in [0.25, 0.3) is 0 Å². The molecule has 3 rings (SSSR count). The first-order valence-corrected chi connectivity index (χ1v) is 7.03. The molecule has 1 unspecified atom stereocenters. The van der Waals surface area contributed by atoms with E-state index in [9.17, 15) is 0 Å². The molecular weight excluding hydrogens is 252 g/mol. The van der Waals surface area contributed by atoms with Crippen LogP contribution < -0.4 is 5.73 Å². The third-order valence-corrected chi connectivity index (χ3v) is 4.32. The van der Waals surface area contributed by atoms with Gasteiger partial charge in [0.15, 0.2) is 0 Å². The zero-order chi connectivity index (χ0) is 14.0. The molecule has 0 radical (unpaired) electrons. The number of ether oxygens (including phenoxy) is 1. The highest BCUT2D eigenvalue weighted by Gasteiger charge is 2.42. The zero-order valence-corrected chi connectivity index (χ0v) is 11.7. The molecule has 106 valence electrons. The third kappa shape index (κ3) is 2.13. The Morgan fingerprint density at radius 3 is 2.60 bits per heavy atom. The fourth-order valence-electron chi connectivity index (χ4n) is 3.11. The van der Waals surface area contributed by atoms with Crippen LogP contribution in [0.15, 0.2) is 36.5 Å². The predicted molar refractivity (Wildman–Crippen MR) is 76.5 cm³/mol. The van der Waals surface area contributed by atoms with Crippen molar-refractivity contribution < 1.29 is 4.74 Å². The number of nitrogens with two attached hydrogens (primary N) is 1. The van der Waals surface area contributed by atoms with Gasteiger partial charge in [0.05, 0.1) is 29.2 Å². The van der Waals surface area contributed by atoms with Crippen molar-refractivity contribution in [2.24, 2.45) is 5.73 Å². The highest BCUT2D eigenvalue weighted by atomic mass is 16.5. The first kappa shape index (κ1) is 13.3. The topological polar surface area (TPSA) is 66.0 Å². The Morgan fingerprint density at radius 1 is 1.25 bits per heavy atom. The number of benzene rings is 1. The lowest BCUT2D eigenvalue weighted by Gasteiger charge is -2.33. The molecule has 1 heterocycles. The number of nitrogens with zero attached hydrogens (tertiary/aromatic N) is 3. The largest absolute Gasteiger partial charge is 0.376 e. The van der Waals surface area contributed by atoms with E-state index in [1.165, 1.54) is 0 Å². The summed E-state index contributed by atoms with van der Waals surface area (Å²) >= 11 is 0. The van der Waals surface area contributed by atoms with Crippen molar-refractivity contribution in [1.82, 2.24) is 15.0 Å². The first-order valence-electron chi connectivity index (χ1n) is 7.03. The van der Waals surface area contributed by atoms with Gasteiger partial charge in [0.1, 0.15) is 0 Å². The maximum absolute atomic E-state index is 6.50. The second kappa shape index (κ2) is 5.34. The Labute approximate surface area is 118 Å². The van der Waals surface area contributed by atoms with E-state index in [-0.39, 0.29) is 11.6 Å². The van der Waals surface area contributed by atoms with Crippen molar-refractivity contribution >= 4 is 0 Å². The predicted octanol–water partition coefficient (Wildman–Crippen LogP) is 2.23. The number of rotatable bonds is 4. The number of hydrogen-bond donors (Lipinski definition) is 1. The van der Waals surface area contributed by atoms with Crippen LogP contribution in [-0.2, 0) is 4.74 Å². The minimum atomic E-state index is -0.283. The van der Waals surface area contributed by atoms with Crippen LogP contribution in [0.4, 0.5) is 0 Å². The standard InChI is InChI=1S/C15H20N4O/c1-20-15(9-5-6-10-15)14(16)13-11-17-18-19(13)12-7-3-2-4-8-12/h2-4,7-8,11,14H,5-6,9-10,16H2,1H3. The van der Waals surface area contributed by atoms with Crippen molar-refractivity contribution in [3.8, 4) is 5.69 Å². The Kier molecular flexibility index (Phi) is 3.54. The van der Waals surface area contributed by atoms with Gasteiger partial charge in [0.2, 0.25) is 0 Å². The highest BCUT2D eigenvalue weighted by molar-refractivity contribution is 5.32. The number of aromatic nitrogens is 3. The van der Waals surface area contributed by atoms with Gasteiger partial charge in [-0.2, -0.15) is 0 Å². The molecule has 5 nitrogen and oxygen atoms in total. The molecule has 5 heteroatoms. The summed E-state index contributed by atoms with van der Waals surface area (Å²) in [6.07, 6.45) is 6.05. The molecule has 1 atom stereocenters. The first-order chi connectivity index (χ1) is 9.77. The lowest BCUT2D eigenvalue weighted by Crippen LogP contribution is -2.41. The molecule has 0 bridgehead atoms. The Morgan fingerprint density at radius 2 is 1.95 bits per heavy atom. The van der Waals surface area contributed by atoms with Crippen LogP contribution in [0.2, 0.25) is 0 Å². The van der Waals surface area contributed by atoms with Crippen LogP contribution in [0.5, 0.6) is 0 Å². The molecule has 2 aromatic rings. The van der Waals surface area contributed by atoms with E-state index in [0.717, 1.165) is 37.1 Å². The van der Waals surface area contributed by atoms with Crippen molar-refractivity contribution in [1.29, 1.82) is 0 Å². The third-order valence-electron chi connectivity index (χ3n) is 4.32. The highest BCUT2D eigenvalue weighted by Crippen LogP contribution is 2.41. The van der Waals surface area contributed by atoms with Gasteiger partial charge in [-0.15, -0.1) is 5.10 Å². The van der Waals surface area contributed by atoms with Gasteiger partial charge in [0, 0.05) is 7.11 Å². The molecule has 0 amide bonds. The molecule has 1 aliphatic rings. The van der Waals surface area contributed by atoms with Crippen LogP contribution in [0.1, 0.15) is 37.4 Å². The quantitative estimate of drug-likeness (QED) is 0.927. The molecule has 1 aliphatic carbocycles. The SMILES string of the molecule is COC1(C(N)c2cnnn2-c2ccccc2)CCCC1. The van der Waals surface area contributed by atoms with Crippen LogP contribution in [0.3, 0.4) is 0 Å². The van der Waals surface area contributed by atoms with E-state index in [2.05, 4.69) is 10.3 Å². The van der Waals surface area contributed by atoms with Gasteiger partial charge in [-0.3, -0.25) is 0 Å². The summed E-state index contributed by atoms with van der Waals surface area (Å²) in [5, 5.41) is 8.21. The molecule has 1 fully saturated rings. The summed E-state index contributed by atoms with van der Waals surface area (Å²) in [4.78, 5) is 0. The van der Waals surface area contributed by atoms with E-state index >= 15 is 0 Å². The van der Waals surface area contributed by atoms with Gasteiger partial charge in [-0.1, -0.05) is 36.3 Å². The second-order valence-electron chi connectivity index (χ2n) is 5.36. The summed E-state index contributed by atoms with van der Waals surface area (Å²) < 4.78 is 7.59. The van der Waals surface area contributed by atoms with Crippen molar-refractivity contribution in [3.63, 3.8) is 0 Å². The fourth-order valence-corrected chi connectivity index (χ4v) is 3.11. The van der Waals surface area contributed by atoms with Crippen molar-refractivity contribution in [3.05, 3.63) is 42.2 Å². The number of methoxy groups -OCH3 is 1. The van der Waals surface area contributed by atoms with Gasteiger partial charge in [-0.25, -0.2) is 4.68 Å². The summed E-state index contributed by atoms with van der Waals surface area (Å²) in [6.45, 7) is 0. The monoisotopic (exact) mass is 272 g/mol. The van der Waals surface area contributed by atoms with E-state index in [1.807, 2.05) is 35.0 Å². The van der Waals surface area contributed by atoms with Gasteiger partial charge in [-0.05, 0) is 25.0 Å². The average molecular weight is 272 g/mol. The summed E-state index contributed by atoms with van der Waals surface area (Å²) in [6, 6.07) is 9.72.